The summed E-state index contributed by atoms with van der Waals surface area (Å²) in [6, 6.07) is 17.2. The van der Waals surface area contributed by atoms with Crippen molar-refractivity contribution in [2.75, 3.05) is 0 Å². The Morgan fingerprint density at radius 1 is 1.00 bits per heavy atom. The molecule has 6 heteroatoms. The summed E-state index contributed by atoms with van der Waals surface area (Å²) >= 11 is 1.70. The first kappa shape index (κ1) is 14.3. The topological polar surface area (TPSA) is 48.5 Å². The number of hydrogen-bond donors (Lipinski definition) is 0. The molecule has 0 fully saturated rings. The first-order chi connectivity index (χ1) is 11.2. The third-order valence-corrected chi connectivity index (χ3v) is 5.12. The summed E-state index contributed by atoms with van der Waals surface area (Å²) < 4.78 is 4.11. The molecular weight excluding hydrogens is 306 g/mol. The predicted octanol–water partition coefficient (Wildman–Crippen LogP) is 3.50. The van der Waals surface area contributed by atoms with Gasteiger partial charge in [0.15, 0.2) is 0 Å². The smallest absolute Gasteiger partial charge is 0.209 e. The molecule has 116 valence electrons. The molecule has 5 nitrogen and oxygen atoms in total. The summed E-state index contributed by atoms with van der Waals surface area (Å²) in [4.78, 5) is 0. The van der Waals surface area contributed by atoms with Crippen LogP contribution in [-0.2, 0) is 13.6 Å². The van der Waals surface area contributed by atoms with Crippen LogP contribution in [0.4, 0.5) is 0 Å². The molecule has 0 saturated carbocycles. The van der Waals surface area contributed by atoms with Gasteiger partial charge in [-0.25, -0.2) is 4.68 Å². The fourth-order valence-corrected chi connectivity index (χ4v) is 3.85. The fourth-order valence-electron chi connectivity index (χ4n) is 3.00. The average molecular weight is 323 g/mol. The van der Waals surface area contributed by atoms with Crippen molar-refractivity contribution < 1.29 is 0 Å². The number of thioether (sulfide) groups is 1. The van der Waals surface area contributed by atoms with Gasteiger partial charge in [-0.15, -0.1) is 5.10 Å². The number of tetrazole rings is 1. The van der Waals surface area contributed by atoms with E-state index in [1.54, 1.807) is 16.4 Å². The Bertz CT molecular complexity index is 918. The third-order valence-electron chi connectivity index (χ3n) is 4.01. The van der Waals surface area contributed by atoms with Crippen LogP contribution < -0.4 is 0 Å². The standard InChI is InChI=1S/C17H17N5S/c1-12(23-17-18-19-20-21(17)2)11-22-15-9-5-3-7-13(15)14-8-4-6-10-16(14)22/h3-10,12H,11H2,1-2H3. The highest BCUT2D eigenvalue weighted by molar-refractivity contribution is 7.99. The van der Waals surface area contributed by atoms with E-state index in [0.29, 0.717) is 5.25 Å². The molecule has 1 atom stereocenters. The molecule has 2 heterocycles. The van der Waals surface area contributed by atoms with E-state index in [1.807, 2.05) is 7.05 Å². The molecule has 4 aromatic rings. The van der Waals surface area contributed by atoms with Crippen LogP contribution >= 0.6 is 11.8 Å². The zero-order valence-electron chi connectivity index (χ0n) is 13.0. The van der Waals surface area contributed by atoms with Gasteiger partial charge in [0, 0.05) is 40.6 Å². The van der Waals surface area contributed by atoms with Gasteiger partial charge in [0.05, 0.1) is 0 Å². The summed E-state index contributed by atoms with van der Waals surface area (Å²) in [6.45, 7) is 3.12. The Hall–Kier alpha value is -2.34. The second kappa shape index (κ2) is 5.70. The molecule has 0 bridgehead atoms. The molecule has 0 aliphatic carbocycles. The number of aryl methyl sites for hydroxylation is 1. The van der Waals surface area contributed by atoms with Gasteiger partial charge in [-0.1, -0.05) is 55.1 Å². The van der Waals surface area contributed by atoms with Crippen molar-refractivity contribution in [3.8, 4) is 0 Å². The van der Waals surface area contributed by atoms with E-state index < -0.39 is 0 Å². The van der Waals surface area contributed by atoms with Gasteiger partial charge in [-0.05, 0) is 22.6 Å². The third kappa shape index (κ3) is 2.49. The lowest BCUT2D eigenvalue weighted by Gasteiger charge is -2.13. The van der Waals surface area contributed by atoms with E-state index in [4.69, 9.17) is 0 Å². The SMILES string of the molecule is CC(Cn1c2ccccc2c2ccccc21)Sc1nnnn1C. The molecule has 0 radical (unpaired) electrons. The molecule has 0 N–H and O–H groups in total. The van der Waals surface area contributed by atoms with E-state index in [-0.39, 0.29) is 0 Å². The molecule has 0 aliphatic heterocycles. The second-order valence-corrected chi connectivity index (χ2v) is 7.06. The maximum absolute atomic E-state index is 4.07. The van der Waals surface area contributed by atoms with Gasteiger partial charge in [-0.2, -0.15) is 0 Å². The molecular formula is C17H17N5S. The summed E-state index contributed by atoms with van der Waals surface area (Å²) in [5, 5.41) is 15.5. The Labute approximate surface area is 138 Å². The lowest BCUT2D eigenvalue weighted by atomic mass is 10.2. The highest BCUT2D eigenvalue weighted by atomic mass is 32.2. The molecule has 0 spiro atoms. The van der Waals surface area contributed by atoms with Crippen LogP contribution in [0.1, 0.15) is 6.92 Å². The zero-order valence-corrected chi connectivity index (χ0v) is 13.9. The number of rotatable bonds is 4. The van der Waals surface area contributed by atoms with E-state index in [0.717, 1.165) is 11.7 Å². The van der Waals surface area contributed by atoms with Crippen LogP contribution in [0, 0.1) is 0 Å². The van der Waals surface area contributed by atoms with Crippen molar-refractivity contribution in [2.45, 2.75) is 23.9 Å². The van der Waals surface area contributed by atoms with Gasteiger partial charge in [0.25, 0.3) is 0 Å². The maximum atomic E-state index is 4.07. The molecule has 0 amide bonds. The van der Waals surface area contributed by atoms with Crippen LogP contribution in [0.5, 0.6) is 0 Å². The lowest BCUT2D eigenvalue weighted by Crippen LogP contribution is -2.10. The van der Waals surface area contributed by atoms with Gasteiger partial charge in [-0.3, -0.25) is 0 Å². The van der Waals surface area contributed by atoms with E-state index >= 15 is 0 Å². The van der Waals surface area contributed by atoms with E-state index in [2.05, 4.69) is 75.5 Å². The largest absolute Gasteiger partial charge is 0.339 e. The second-order valence-electron chi connectivity index (χ2n) is 5.66. The Kier molecular flexibility index (Phi) is 3.53. The average Bonchev–Trinajstić information content (AvgIpc) is 3.11. The first-order valence-electron chi connectivity index (χ1n) is 7.59. The normalized spacial score (nSPS) is 13.0. The number of para-hydroxylation sites is 2. The fraction of sp³-hybridized carbons (Fsp3) is 0.235. The van der Waals surface area contributed by atoms with Gasteiger partial charge < -0.3 is 4.57 Å². The van der Waals surface area contributed by atoms with Crippen LogP contribution in [0.15, 0.2) is 53.7 Å². The van der Waals surface area contributed by atoms with Crippen LogP contribution in [0.3, 0.4) is 0 Å². The lowest BCUT2D eigenvalue weighted by molar-refractivity contribution is 0.659. The first-order valence-corrected chi connectivity index (χ1v) is 8.47. The van der Waals surface area contributed by atoms with Crippen LogP contribution in [0.2, 0.25) is 0 Å². The summed E-state index contributed by atoms with van der Waals surface area (Å²) in [7, 11) is 1.87. The molecule has 23 heavy (non-hydrogen) atoms. The van der Waals surface area contributed by atoms with Crippen LogP contribution in [-0.4, -0.2) is 30.0 Å². The minimum Gasteiger partial charge on any atom is -0.339 e. The number of hydrogen-bond acceptors (Lipinski definition) is 4. The van der Waals surface area contributed by atoms with E-state index in [9.17, 15) is 0 Å². The minimum absolute atomic E-state index is 0.360. The predicted molar refractivity (Wildman–Crippen MR) is 93.6 cm³/mol. The van der Waals surface area contributed by atoms with Crippen LogP contribution in [0.25, 0.3) is 21.8 Å². The van der Waals surface area contributed by atoms with Crippen molar-refractivity contribution in [3.63, 3.8) is 0 Å². The van der Waals surface area contributed by atoms with Crippen molar-refractivity contribution >= 4 is 33.6 Å². The summed E-state index contributed by atoms with van der Waals surface area (Å²) in [5.41, 5.74) is 2.55. The van der Waals surface area contributed by atoms with Crippen molar-refractivity contribution in [3.05, 3.63) is 48.5 Å². The molecule has 0 saturated heterocycles. The highest BCUT2D eigenvalue weighted by Gasteiger charge is 2.15. The molecule has 0 aliphatic rings. The summed E-state index contributed by atoms with van der Waals surface area (Å²) in [6.07, 6.45) is 0. The Morgan fingerprint density at radius 3 is 2.17 bits per heavy atom. The van der Waals surface area contributed by atoms with Crippen molar-refractivity contribution in [1.29, 1.82) is 0 Å². The minimum atomic E-state index is 0.360. The quantitative estimate of drug-likeness (QED) is 0.539. The number of aromatic nitrogens is 5. The molecule has 2 aromatic carbocycles. The molecule has 1 unspecified atom stereocenters. The maximum Gasteiger partial charge on any atom is 0.209 e. The Morgan fingerprint density at radius 2 is 1.61 bits per heavy atom. The highest BCUT2D eigenvalue weighted by Crippen LogP contribution is 2.30. The van der Waals surface area contributed by atoms with Gasteiger partial charge in [0.1, 0.15) is 0 Å². The zero-order chi connectivity index (χ0) is 15.8. The number of nitrogens with zero attached hydrogens (tertiary/aromatic N) is 5. The number of benzene rings is 2. The van der Waals surface area contributed by atoms with Crippen molar-refractivity contribution in [1.82, 2.24) is 24.8 Å². The monoisotopic (exact) mass is 323 g/mol. The van der Waals surface area contributed by atoms with Gasteiger partial charge >= 0.3 is 0 Å². The Balaban J connectivity index is 1.74. The molecule has 2 aromatic heterocycles. The number of fused-ring (bicyclic) bond motifs is 3. The summed E-state index contributed by atoms with van der Waals surface area (Å²) in [5.74, 6) is 0. The van der Waals surface area contributed by atoms with E-state index in [1.165, 1.54) is 21.8 Å². The molecule has 4 rings (SSSR count). The van der Waals surface area contributed by atoms with Crippen molar-refractivity contribution in [2.24, 2.45) is 7.05 Å². The van der Waals surface area contributed by atoms with Gasteiger partial charge in [0.2, 0.25) is 5.16 Å².